The highest BCUT2D eigenvalue weighted by Crippen LogP contribution is 2.24. The number of hydrogen-bond acceptors (Lipinski definition) is 8. The molecule has 2 aromatic heterocycles. The van der Waals surface area contributed by atoms with Crippen molar-refractivity contribution in [1.29, 1.82) is 0 Å². The van der Waals surface area contributed by atoms with Gasteiger partial charge in [-0.1, -0.05) is 41.7 Å². The smallest absolute Gasteiger partial charge is 0.267 e. The Balaban J connectivity index is 1.34. The van der Waals surface area contributed by atoms with E-state index in [-0.39, 0.29) is 18.0 Å². The quantitative estimate of drug-likeness (QED) is 0.557. The molecule has 0 radical (unpaired) electrons. The third-order valence-corrected chi connectivity index (χ3v) is 6.24. The number of aromatic nitrogens is 4. The van der Waals surface area contributed by atoms with Crippen LogP contribution in [0.3, 0.4) is 0 Å². The molecule has 1 aliphatic heterocycles. The van der Waals surface area contributed by atoms with Gasteiger partial charge in [0.15, 0.2) is 0 Å². The van der Waals surface area contributed by atoms with Crippen LogP contribution in [0.15, 0.2) is 47.3 Å². The average Bonchev–Trinajstić information content (AvgIpc) is 3.23. The Morgan fingerprint density at radius 1 is 1.16 bits per heavy atom. The van der Waals surface area contributed by atoms with Crippen molar-refractivity contribution in [2.24, 2.45) is 5.92 Å². The van der Waals surface area contributed by atoms with Crippen LogP contribution in [-0.4, -0.2) is 46.1 Å². The van der Waals surface area contributed by atoms with Crippen LogP contribution in [0.4, 0.5) is 10.9 Å². The van der Waals surface area contributed by atoms with Crippen LogP contribution in [0.5, 0.6) is 0 Å². The van der Waals surface area contributed by atoms with E-state index in [2.05, 4.69) is 49.8 Å². The Labute approximate surface area is 190 Å². The van der Waals surface area contributed by atoms with Gasteiger partial charge < -0.3 is 9.64 Å². The van der Waals surface area contributed by atoms with E-state index < -0.39 is 0 Å². The molecule has 4 rings (SSSR count). The maximum atomic E-state index is 12.4. The molecule has 0 bridgehead atoms. The summed E-state index contributed by atoms with van der Waals surface area (Å²) < 4.78 is 6.19. The number of rotatable bonds is 8. The summed E-state index contributed by atoms with van der Waals surface area (Å²) in [7, 11) is 1.57. The Bertz CT molecular complexity index is 1090. The van der Waals surface area contributed by atoms with Gasteiger partial charge in [0.25, 0.3) is 5.56 Å². The molecule has 1 amide bonds. The van der Waals surface area contributed by atoms with Crippen molar-refractivity contribution in [2.45, 2.75) is 32.4 Å². The fourth-order valence-electron chi connectivity index (χ4n) is 3.81. The number of carbonyl (C=O) groups excluding carboxylic acids is 1. The van der Waals surface area contributed by atoms with E-state index in [1.54, 1.807) is 13.2 Å². The molecule has 1 aromatic carbocycles. The maximum absolute atomic E-state index is 12.4. The average molecular weight is 455 g/mol. The molecule has 32 heavy (non-hydrogen) atoms. The summed E-state index contributed by atoms with van der Waals surface area (Å²) in [5.74, 6) is 0.979. The highest BCUT2D eigenvalue weighted by Gasteiger charge is 2.21. The van der Waals surface area contributed by atoms with E-state index in [0.29, 0.717) is 28.5 Å². The van der Waals surface area contributed by atoms with Gasteiger partial charge in [0, 0.05) is 26.3 Å². The van der Waals surface area contributed by atoms with Crippen molar-refractivity contribution in [3.63, 3.8) is 0 Å². The zero-order valence-corrected chi connectivity index (χ0v) is 18.8. The van der Waals surface area contributed by atoms with Crippen LogP contribution in [0, 0.1) is 5.92 Å². The topological polar surface area (TPSA) is 102 Å². The van der Waals surface area contributed by atoms with E-state index in [9.17, 15) is 9.59 Å². The normalized spacial score (nSPS) is 14.5. The third-order valence-electron chi connectivity index (χ3n) is 5.43. The summed E-state index contributed by atoms with van der Waals surface area (Å²) in [5, 5.41) is 16.0. The molecule has 1 N–H and O–H groups in total. The molecule has 0 spiro atoms. The van der Waals surface area contributed by atoms with Crippen molar-refractivity contribution < 1.29 is 9.53 Å². The minimum atomic E-state index is -0.376. The van der Waals surface area contributed by atoms with Gasteiger partial charge >= 0.3 is 0 Å². The number of nitrogens with zero attached hydrogens (tertiary/aromatic N) is 5. The number of benzene rings is 1. The Morgan fingerprint density at radius 2 is 1.94 bits per heavy atom. The molecule has 0 unspecified atom stereocenters. The van der Waals surface area contributed by atoms with Crippen molar-refractivity contribution in [3.8, 4) is 0 Å². The fourth-order valence-corrected chi connectivity index (χ4v) is 4.54. The van der Waals surface area contributed by atoms with E-state index in [1.165, 1.54) is 27.6 Å². The first kappa shape index (κ1) is 22.1. The number of hydrogen-bond donors (Lipinski definition) is 1. The standard InChI is InChI=1S/C22H26N6O3S/c1-31-15-20-24-25-22(32-20)23-19(29)14-28-21(30)8-7-18(26-28)27-11-9-17(10-12-27)13-16-5-3-2-4-6-16/h2-8,17H,9-15H2,1H3,(H,23,25,29). The first-order valence-corrected chi connectivity index (χ1v) is 11.4. The minimum Gasteiger partial charge on any atom is -0.377 e. The molecule has 168 valence electrons. The lowest BCUT2D eigenvalue weighted by atomic mass is 9.90. The van der Waals surface area contributed by atoms with E-state index in [4.69, 9.17) is 4.74 Å². The van der Waals surface area contributed by atoms with Gasteiger partial charge in [-0.3, -0.25) is 14.9 Å². The molecular formula is C22H26N6O3S. The van der Waals surface area contributed by atoms with Crippen molar-refractivity contribution >= 4 is 28.2 Å². The van der Waals surface area contributed by atoms with E-state index in [0.717, 1.165) is 32.4 Å². The lowest BCUT2D eigenvalue weighted by Gasteiger charge is -2.33. The van der Waals surface area contributed by atoms with Gasteiger partial charge in [-0.15, -0.1) is 10.2 Å². The number of anilines is 2. The molecular weight excluding hydrogens is 428 g/mol. The maximum Gasteiger partial charge on any atom is 0.267 e. The minimum absolute atomic E-state index is 0.184. The fraction of sp³-hybridized carbons (Fsp3) is 0.409. The van der Waals surface area contributed by atoms with E-state index in [1.807, 2.05) is 6.07 Å². The number of nitrogens with one attached hydrogen (secondary N) is 1. The van der Waals surface area contributed by atoms with E-state index >= 15 is 0 Å². The molecule has 9 nitrogen and oxygen atoms in total. The van der Waals surface area contributed by atoms with Crippen LogP contribution in [0.2, 0.25) is 0 Å². The molecule has 1 fully saturated rings. The highest BCUT2D eigenvalue weighted by molar-refractivity contribution is 7.15. The first-order chi connectivity index (χ1) is 15.6. The van der Waals surface area contributed by atoms with Crippen LogP contribution in [-0.2, 0) is 29.1 Å². The summed E-state index contributed by atoms with van der Waals surface area (Å²) in [6.45, 7) is 1.90. The van der Waals surface area contributed by atoms with Crippen LogP contribution < -0.4 is 15.8 Å². The number of methoxy groups -OCH3 is 1. The van der Waals surface area contributed by atoms with Gasteiger partial charge in [0.05, 0.1) is 0 Å². The number of ether oxygens (including phenoxy) is 1. The summed E-state index contributed by atoms with van der Waals surface area (Å²) in [6, 6.07) is 13.8. The SMILES string of the molecule is COCc1nnc(NC(=O)Cn2nc(N3CCC(Cc4ccccc4)CC3)ccc2=O)s1. The number of amides is 1. The van der Waals surface area contributed by atoms with Gasteiger partial charge in [0.1, 0.15) is 24.0 Å². The van der Waals surface area contributed by atoms with Crippen molar-refractivity contribution in [2.75, 3.05) is 30.4 Å². The third kappa shape index (κ3) is 5.77. The van der Waals surface area contributed by atoms with Crippen LogP contribution in [0.25, 0.3) is 0 Å². The molecule has 0 atom stereocenters. The number of piperidine rings is 1. The summed E-state index contributed by atoms with van der Waals surface area (Å²) in [4.78, 5) is 26.8. The lowest BCUT2D eigenvalue weighted by Crippen LogP contribution is -2.37. The van der Waals surface area contributed by atoms with Crippen molar-refractivity contribution in [1.82, 2.24) is 20.0 Å². The molecule has 0 saturated carbocycles. The zero-order valence-electron chi connectivity index (χ0n) is 17.9. The van der Waals surface area contributed by atoms with Crippen LogP contribution >= 0.6 is 11.3 Å². The van der Waals surface area contributed by atoms with Gasteiger partial charge in [-0.2, -0.15) is 5.10 Å². The molecule has 10 heteroatoms. The van der Waals surface area contributed by atoms with Gasteiger partial charge in [-0.25, -0.2) is 4.68 Å². The molecule has 3 heterocycles. The largest absolute Gasteiger partial charge is 0.377 e. The second-order valence-electron chi connectivity index (χ2n) is 7.79. The highest BCUT2D eigenvalue weighted by atomic mass is 32.1. The Hall–Kier alpha value is -3.11. The molecule has 3 aromatic rings. The molecule has 1 aliphatic rings. The predicted molar refractivity (Wildman–Crippen MR) is 123 cm³/mol. The van der Waals surface area contributed by atoms with Crippen molar-refractivity contribution in [3.05, 3.63) is 63.4 Å². The second kappa shape index (κ2) is 10.5. The number of carbonyl (C=O) groups is 1. The summed E-state index contributed by atoms with van der Waals surface area (Å²) >= 11 is 1.23. The monoisotopic (exact) mass is 454 g/mol. The second-order valence-corrected chi connectivity index (χ2v) is 8.85. The van der Waals surface area contributed by atoms with Gasteiger partial charge in [-0.05, 0) is 36.8 Å². The van der Waals surface area contributed by atoms with Gasteiger partial charge in [0.2, 0.25) is 11.0 Å². The van der Waals surface area contributed by atoms with Crippen LogP contribution in [0.1, 0.15) is 23.4 Å². The Morgan fingerprint density at radius 3 is 2.69 bits per heavy atom. The summed E-state index contributed by atoms with van der Waals surface area (Å²) in [5.41, 5.74) is 1.05. The zero-order chi connectivity index (χ0) is 22.3. The predicted octanol–water partition coefficient (Wildman–Crippen LogP) is 2.34. The molecule has 1 saturated heterocycles. The molecule has 0 aliphatic carbocycles. The lowest BCUT2D eigenvalue weighted by molar-refractivity contribution is -0.117. The Kier molecular flexibility index (Phi) is 7.23. The summed E-state index contributed by atoms with van der Waals surface area (Å²) in [6.07, 6.45) is 3.22. The first-order valence-electron chi connectivity index (χ1n) is 10.6.